The van der Waals surface area contributed by atoms with Crippen molar-refractivity contribution < 1.29 is 9.90 Å². The number of rotatable bonds is 3. The van der Waals surface area contributed by atoms with Crippen molar-refractivity contribution in [2.75, 3.05) is 0 Å². The number of carboxylic acids is 1. The lowest BCUT2D eigenvalue weighted by Crippen LogP contribution is -2.32. The topological polar surface area (TPSA) is 63.3 Å². The molecule has 6 heteroatoms. The van der Waals surface area contributed by atoms with Gasteiger partial charge in [-0.05, 0) is 17.7 Å². The number of aliphatic carboxylic acids is 1. The largest absolute Gasteiger partial charge is 0.480 e. The number of carbonyl (C=O) groups is 1. The smallest absolute Gasteiger partial charge is 0.320 e. The van der Waals surface area contributed by atoms with Crippen LogP contribution in [0.25, 0.3) is 0 Å². The molecular weight excluding hydrogens is 260 g/mol. The highest BCUT2D eigenvalue weighted by Crippen LogP contribution is 2.25. The van der Waals surface area contributed by atoms with E-state index in [1.807, 2.05) is 0 Å². The lowest BCUT2D eigenvalue weighted by atomic mass is 10.1. The van der Waals surface area contributed by atoms with Crippen LogP contribution in [-0.4, -0.2) is 17.1 Å². The minimum Gasteiger partial charge on any atom is -0.480 e. The van der Waals surface area contributed by atoms with E-state index in [-0.39, 0.29) is 18.8 Å². The van der Waals surface area contributed by atoms with E-state index >= 15 is 0 Å². The molecule has 3 N–H and O–H groups in total. The maximum Gasteiger partial charge on any atom is 0.320 e. The SMILES string of the molecule is Cl.NC(Cc1c(Cl)cccc1Cl)C(=O)O. The number of halogens is 3. The van der Waals surface area contributed by atoms with Gasteiger partial charge in [0.2, 0.25) is 0 Å². The monoisotopic (exact) mass is 269 g/mol. The van der Waals surface area contributed by atoms with Crippen LogP contribution >= 0.6 is 35.6 Å². The molecule has 0 amide bonds. The summed E-state index contributed by atoms with van der Waals surface area (Å²) in [6.45, 7) is 0. The molecule has 1 rings (SSSR count). The molecular formula is C9H10Cl3NO2. The van der Waals surface area contributed by atoms with E-state index in [0.717, 1.165) is 0 Å². The summed E-state index contributed by atoms with van der Waals surface area (Å²) in [6.07, 6.45) is 0.133. The lowest BCUT2D eigenvalue weighted by Gasteiger charge is -2.09. The fraction of sp³-hybridized carbons (Fsp3) is 0.222. The van der Waals surface area contributed by atoms with Gasteiger partial charge in [-0.25, -0.2) is 0 Å². The summed E-state index contributed by atoms with van der Waals surface area (Å²) in [7, 11) is 0. The van der Waals surface area contributed by atoms with E-state index in [9.17, 15) is 4.79 Å². The quantitative estimate of drug-likeness (QED) is 0.886. The molecule has 1 aromatic rings. The molecule has 0 aliphatic rings. The molecule has 0 aromatic heterocycles. The fourth-order valence-corrected chi connectivity index (χ4v) is 1.59. The zero-order valence-corrected chi connectivity index (χ0v) is 9.94. The zero-order valence-electron chi connectivity index (χ0n) is 7.61. The van der Waals surface area contributed by atoms with Crippen LogP contribution in [0, 0.1) is 0 Å². The second-order valence-electron chi connectivity index (χ2n) is 2.85. The average molecular weight is 271 g/mol. The molecule has 0 fully saturated rings. The Hall–Kier alpha value is -0.480. The Kier molecular flexibility index (Phi) is 5.98. The van der Waals surface area contributed by atoms with E-state index in [2.05, 4.69) is 0 Å². The Balaban J connectivity index is 0.00000196. The van der Waals surface area contributed by atoms with Crippen molar-refractivity contribution in [3.8, 4) is 0 Å². The summed E-state index contributed by atoms with van der Waals surface area (Å²) < 4.78 is 0. The molecule has 0 aliphatic heterocycles. The van der Waals surface area contributed by atoms with Crippen molar-refractivity contribution in [3.05, 3.63) is 33.8 Å². The number of hydrogen-bond donors (Lipinski definition) is 2. The fourth-order valence-electron chi connectivity index (χ4n) is 1.03. The molecule has 0 heterocycles. The Labute approximate surface area is 104 Å². The van der Waals surface area contributed by atoms with Gasteiger partial charge in [-0.3, -0.25) is 4.79 Å². The number of carboxylic acid groups (broad SMARTS) is 1. The van der Waals surface area contributed by atoms with Gasteiger partial charge < -0.3 is 10.8 Å². The summed E-state index contributed by atoms with van der Waals surface area (Å²) in [4.78, 5) is 10.5. The molecule has 0 aliphatic carbocycles. The normalized spacial score (nSPS) is 11.7. The van der Waals surface area contributed by atoms with Gasteiger partial charge in [0.25, 0.3) is 0 Å². The molecule has 84 valence electrons. The van der Waals surface area contributed by atoms with Crippen molar-refractivity contribution in [1.82, 2.24) is 0 Å². The van der Waals surface area contributed by atoms with Crippen LogP contribution in [0.3, 0.4) is 0 Å². The molecule has 0 radical (unpaired) electrons. The van der Waals surface area contributed by atoms with Crippen LogP contribution in [0.15, 0.2) is 18.2 Å². The van der Waals surface area contributed by atoms with Gasteiger partial charge in [0, 0.05) is 16.5 Å². The van der Waals surface area contributed by atoms with Gasteiger partial charge in [0.15, 0.2) is 0 Å². The van der Waals surface area contributed by atoms with Crippen molar-refractivity contribution in [1.29, 1.82) is 0 Å². The van der Waals surface area contributed by atoms with E-state index in [0.29, 0.717) is 15.6 Å². The van der Waals surface area contributed by atoms with E-state index in [4.69, 9.17) is 34.0 Å². The second kappa shape index (κ2) is 6.18. The van der Waals surface area contributed by atoms with Gasteiger partial charge in [0.05, 0.1) is 0 Å². The van der Waals surface area contributed by atoms with Gasteiger partial charge in [-0.15, -0.1) is 12.4 Å². The molecule has 3 nitrogen and oxygen atoms in total. The second-order valence-corrected chi connectivity index (χ2v) is 3.66. The molecule has 1 unspecified atom stereocenters. The first-order chi connectivity index (χ1) is 6.52. The molecule has 15 heavy (non-hydrogen) atoms. The molecule has 0 spiro atoms. The van der Waals surface area contributed by atoms with Crippen LogP contribution < -0.4 is 5.73 Å². The zero-order chi connectivity index (χ0) is 10.7. The first-order valence-electron chi connectivity index (χ1n) is 3.93. The summed E-state index contributed by atoms with van der Waals surface area (Å²) in [5, 5.41) is 9.49. The van der Waals surface area contributed by atoms with Crippen LogP contribution in [0.2, 0.25) is 10.0 Å². The molecule has 1 atom stereocenters. The lowest BCUT2D eigenvalue weighted by molar-refractivity contribution is -0.138. The maximum absolute atomic E-state index is 10.5. The Bertz CT molecular complexity index is 337. The summed E-state index contributed by atoms with van der Waals surface area (Å²) >= 11 is 11.7. The van der Waals surface area contributed by atoms with Crippen molar-refractivity contribution >= 4 is 41.6 Å². The summed E-state index contributed by atoms with van der Waals surface area (Å²) in [6, 6.07) is 4.02. The highest BCUT2D eigenvalue weighted by Gasteiger charge is 2.15. The summed E-state index contributed by atoms with van der Waals surface area (Å²) in [5.74, 6) is -1.07. The van der Waals surface area contributed by atoms with Gasteiger partial charge >= 0.3 is 5.97 Å². The van der Waals surface area contributed by atoms with Crippen LogP contribution in [0.1, 0.15) is 5.56 Å². The van der Waals surface area contributed by atoms with Gasteiger partial charge in [-0.1, -0.05) is 29.3 Å². The number of hydrogen-bond acceptors (Lipinski definition) is 2. The first kappa shape index (κ1) is 14.5. The van der Waals surface area contributed by atoms with Gasteiger partial charge in [-0.2, -0.15) is 0 Å². The van der Waals surface area contributed by atoms with Gasteiger partial charge in [0.1, 0.15) is 6.04 Å². The Morgan fingerprint density at radius 1 is 1.40 bits per heavy atom. The third-order valence-corrected chi connectivity index (χ3v) is 2.51. The Morgan fingerprint density at radius 3 is 2.27 bits per heavy atom. The predicted octanol–water partition coefficient (Wildman–Crippen LogP) is 2.37. The molecule has 1 aromatic carbocycles. The first-order valence-corrected chi connectivity index (χ1v) is 4.69. The highest BCUT2D eigenvalue weighted by atomic mass is 35.5. The number of nitrogens with two attached hydrogens (primary N) is 1. The van der Waals surface area contributed by atoms with Crippen LogP contribution in [0.5, 0.6) is 0 Å². The standard InChI is InChI=1S/C9H9Cl2NO2.ClH/c10-6-2-1-3-7(11)5(6)4-8(12)9(13)14;/h1-3,8H,4,12H2,(H,13,14);1H. The molecule has 0 bridgehead atoms. The minimum absolute atomic E-state index is 0. The van der Waals surface area contributed by atoms with Crippen molar-refractivity contribution in [3.63, 3.8) is 0 Å². The average Bonchev–Trinajstić information content (AvgIpc) is 2.11. The Morgan fingerprint density at radius 2 is 1.87 bits per heavy atom. The van der Waals surface area contributed by atoms with E-state index in [1.165, 1.54) is 0 Å². The van der Waals surface area contributed by atoms with Crippen molar-refractivity contribution in [2.45, 2.75) is 12.5 Å². The third kappa shape index (κ3) is 3.87. The van der Waals surface area contributed by atoms with Crippen molar-refractivity contribution in [2.24, 2.45) is 5.73 Å². The van der Waals surface area contributed by atoms with E-state index in [1.54, 1.807) is 18.2 Å². The molecule has 0 saturated carbocycles. The van der Waals surface area contributed by atoms with Crippen LogP contribution in [-0.2, 0) is 11.2 Å². The maximum atomic E-state index is 10.5. The minimum atomic E-state index is -1.07. The predicted molar refractivity (Wildman–Crippen MR) is 63.0 cm³/mol. The highest BCUT2D eigenvalue weighted by molar-refractivity contribution is 6.36. The summed E-state index contributed by atoms with van der Waals surface area (Å²) in [5.41, 5.74) is 5.94. The van der Waals surface area contributed by atoms with Crippen LogP contribution in [0.4, 0.5) is 0 Å². The van der Waals surface area contributed by atoms with E-state index < -0.39 is 12.0 Å². The molecule has 0 saturated heterocycles. The third-order valence-electron chi connectivity index (χ3n) is 1.80. The number of benzene rings is 1.